The highest BCUT2D eigenvalue weighted by molar-refractivity contribution is 5.94. The molecule has 0 bridgehead atoms. The van der Waals surface area contributed by atoms with Crippen molar-refractivity contribution in [1.82, 2.24) is 10.3 Å². The summed E-state index contributed by atoms with van der Waals surface area (Å²) in [6.07, 6.45) is 1.10. The fourth-order valence-corrected chi connectivity index (χ4v) is 3.66. The standard InChI is InChI=1S/C24H22F3N3O3.C5H10O/c1-33-22(31)12-13-28-23(32)19-8-11-21(30-15-19)29-14-16-2-4-17(5-3-16)18-6-9-20(10-7-18)24(25,26)27;1-2-4-6-5-3-1/h2-11,15H,12-14H2,1H3,(H,28,32)(H,29,30);1-5H2. The lowest BCUT2D eigenvalue weighted by atomic mass is 10.0. The number of carbonyl (C=O) groups is 2. The van der Waals surface area contributed by atoms with Crippen LogP contribution in [0.3, 0.4) is 0 Å². The monoisotopic (exact) mass is 543 g/mol. The van der Waals surface area contributed by atoms with Crippen molar-refractivity contribution in [3.8, 4) is 11.1 Å². The Morgan fingerprint density at radius 3 is 2.05 bits per heavy atom. The summed E-state index contributed by atoms with van der Waals surface area (Å²) in [6, 6.07) is 15.8. The minimum absolute atomic E-state index is 0.0902. The van der Waals surface area contributed by atoms with Gasteiger partial charge in [0.15, 0.2) is 0 Å². The van der Waals surface area contributed by atoms with E-state index in [0.717, 1.165) is 36.5 Å². The molecule has 1 aromatic heterocycles. The molecule has 1 aliphatic heterocycles. The number of pyridine rings is 1. The van der Waals surface area contributed by atoms with E-state index in [1.807, 2.05) is 24.3 Å². The molecule has 4 rings (SSSR count). The van der Waals surface area contributed by atoms with Crippen LogP contribution >= 0.6 is 0 Å². The normalized spacial score (nSPS) is 13.0. The van der Waals surface area contributed by atoms with E-state index in [1.54, 1.807) is 12.1 Å². The molecule has 2 aromatic carbocycles. The van der Waals surface area contributed by atoms with Gasteiger partial charge >= 0.3 is 12.1 Å². The Hall–Kier alpha value is -3.92. The summed E-state index contributed by atoms with van der Waals surface area (Å²) in [5.41, 5.74) is 2.16. The van der Waals surface area contributed by atoms with E-state index >= 15 is 0 Å². The number of hydrogen-bond donors (Lipinski definition) is 2. The van der Waals surface area contributed by atoms with E-state index < -0.39 is 17.7 Å². The average Bonchev–Trinajstić information content (AvgIpc) is 2.97. The van der Waals surface area contributed by atoms with E-state index in [9.17, 15) is 22.8 Å². The molecule has 1 fully saturated rings. The molecule has 0 aliphatic carbocycles. The van der Waals surface area contributed by atoms with Gasteiger partial charge < -0.3 is 20.1 Å². The van der Waals surface area contributed by atoms with Crippen molar-refractivity contribution in [2.24, 2.45) is 0 Å². The van der Waals surface area contributed by atoms with E-state index in [-0.39, 0.29) is 18.9 Å². The zero-order valence-electron chi connectivity index (χ0n) is 21.7. The number of ether oxygens (including phenoxy) is 2. The molecule has 0 atom stereocenters. The van der Waals surface area contributed by atoms with Crippen LogP contribution in [0.5, 0.6) is 0 Å². The Morgan fingerprint density at radius 2 is 1.56 bits per heavy atom. The summed E-state index contributed by atoms with van der Waals surface area (Å²) in [5.74, 6) is -0.162. The molecule has 1 amide bonds. The predicted octanol–water partition coefficient (Wildman–Crippen LogP) is 5.86. The Morgan fingerprint density at radius 1 is 0.923 bits per heavy atom. The lowest BCUT2D eigenvalue weighted by Gasteiger charge is -2.09. The molecule has 0 radical (unpaired) electrons. The van der Waals surface area contributed by atoms with Crippen LogP contribution in [0.2, 0.25) is 0 Å². The van der Waals surface area contributed by atoms with Gasteiger partial charge in [0.25, 0.3) is 5.91 Å². The molecule has 3 aromatic rings. The van der Waals surface area contributed by atoms with E-state index in [0.29, 0.717) is 23.5 Å². The molecule has 0 spiro atoms. The first kappa shape index (κ1) is 29.6. The highest BCUT2D eigenvalue weighted by Gasteiger charge is 2.29. The average molecular weight is 544 g/mol. The quantitative estimate of drug-likeness (QED) is 0.346. The van der Waals surface area contributed by atoms with Crippen LogP contribution < -0.4 is 10.6 Å². The van der Waals surface area contributed by atoms with Crippen molar-refractivity contribution in [1.29, 1.82) is 0 Å². The zero-order valence-corrected chi connectivity index (χ0v) is 21.7. The molecule has 2 heterocycles. The van der Waals surface area contributed by atoms with Gasteiger partial charge in [0.2, 0.25) is 0 Å². The van der Waals surface area contributed by atoms with Crippen molar-refractivity contribution in [3.63, 3.8) is 0 Å². The van der Waals surface area contributed by atoms with Gasteiger partial charge in [0.1, 0.15) is 5.82 Å². The van der Waals surface area contributed by atoms with Crippen LogP contribution in [0.1, 0.15) is 47.2 Å². The smallest absolute Gasteiger partial charge is 0.416 e. The van der Waals surface area contributed by atoms with Crippen molar-refractivity contribution in [2.75, 3.05) is 32.2 Å². The first-order valence-electron chi connectivity index (χ1n) is 12.7. The number of carbonyl (C=O) groups excluding carboxylic acids is 2. The molecule has 1 aliphatic rings. The van der Waals surface area contributed by atoms with E-state index in [4.69, 9.17) is 4.74 Å². The number of alkyl halides is 3. The Labute approximate surface area is 225 Å². The Balaban J connectivity index is 0.000000617. The highest BCUT2D eigenvalue weighted by atomic mass is 19.4. The van der Waals surface area contributed by atoms with E-state index in [1.165, 1.54) is 44.7 Å². The number of hydrogen-bond acceptors (Lipinski definition) is 6. The molecule has 39 heavy (non-hydrogen) atoms. The van der Waals surface area contributed by atoms with Crippen LogP contribution in [0, 0.1) is 0 Å². The molecular formula is C29H32F3N3O4. The summed E-state index contributed by atoms with van der Waals surface area (Å²) in [7, 11) is 1.29. The molecule has 7 nitrogen and oxygen atoms in total. The lowest BCUT2D eigenvalue weighted by molar-refractivity contribution is -0.140. The summed E-state index contributed by atoms with van der Waals surface area (Å²) in [5, 5.41) is 5.76. The van der Waals surface area contributed by atoms with Crippen LogP contribution in [0.4, 0.5) is 19.0 Å². The number of esters is 1. The minimum atomic E-state index is -4.35. The first-order valence-corrected chi connectivity index (χ1v) is 12.7. The maximum Gasteiger partial charge on any atom is 0.416 e. The number of anilines is 1. The molecule has 0 saturated carbocycles. The molecule has 0 unspecified atom stereocenters. The topological polar surface area (TPSA) is 89.5 Å². The fourth-order valence-electron chi connectivity index (χ4n) is 3.66. The molecule has 208 valence electrons. The fraction of sp³-hybridized carbons (Fsp3) is 0.345. The second-order valence-electron chi connectivity index (χ2n) is 8.81. The van der Waals surface area contributed by atoms with Crippen molar-refractivity contribution in [2.45, 2.75) is 38.4 Å². The molecule has 1 saturated heterocycles. The van der Waals surface area contributed by atoms with Crippen LogP contribution in [-0.4, -0.2) is 43.7 Å². The third kappa shape index (κ3) is 10.0. The second kappa shape index (κ2) is 14.9. The number of halogens is 3. The summed E-state index contributed by atoms with van der Waals surface area (Å²) in [4.78, 5) is 27.3. The Bertz CT molecular complexity index is 1170. The van der Waals surface area contributed by atoms with E-state index in [2.05, 4.69) is 20.4 Å². The van der Waals surface area contributed by atoms with Crippen molar-refractivity contribution in [3.05, 3.63) is 83.6 Å². The number of nitrogens with zero attached hydrogens (tertiary/aromatic N) is 1. The van der Waals surface area contributed by atoms with Gasteiger partial charge in [-0.25, -0.2) is 4.98 Å². The van der Waals surface area contributed by atoms with Gasteiger partial charge in [0.05, 0.1) is 24.7 Å². The predicted molar refractivity (Wildman–Crippen MR) is 142 cm³/mol. The molecule has 10 heteroatoms. The summed E-state index contributed by atoms with van der Waals surface area (Å²) < 4.78 is 47.7. The number of benzene rings is 2. The Kier molecular flexibility index (Phi) is 11.3. The third-order valence-corrected chi connectivity index (χ3v) is 5.92. The first-order chi connectivity index (χ1) is 18.8. The van der Waals surface area contributed by atoms with Crippen molar-refractivity contribution >= 4 is 17.7 Å². The molecule has 2 N–H and O–H groups in total. The van der Waals surface area contributed by atoms with Crippen LogP contribution in [-0.2, 0) is 27.0 Å². The second-order valence-corrected chi connectivity index (χ2v) is 8.81. The lowest BCUT2D eigenvalue weighted by Crippen LogP contribution is -2.26. The number of aromatic nitrogens is 1. The number of amides is 1. The van der Waals surface area contributed by atoms with Crippen LogP contribution in [0.15, 0.2) is 66.9 Å². The summed E-state index contributed by atoms with van der Waals surface area (Å²) in [6.45, 7) is 2.65. The number of rotatable bonds is 8. The van der Waals surface area contributed by atoms with Gasteiger partial charge in [-0.3, -0.25) is 9.59 Å². The van der Waals surface area contributed by atoms with Gasteiger partial charge in [-0.05, 0) is 60.2 Å². The van der Waals surface area contributed by atoms with Gasteiger partial charge in [0, 0.05) is 32.5 Å². The maximum atomic E-state index is 12.7. The highest BCUT2D eigenvalue weighted by Crippen LogP contribution is 2.31. The summed E-state index contributed by atoms with van der Waals surface area (Å²) >= 11 is 0. The zero-order chi connectivity index (χ0) is 28.1. The van der Waals surface area contributed by atoms with Gasteiger partial charge in [-0.15, -0.1) is 0 Å². The number of methoxy groups -OCH3 is 1. The minimum Gasteiger partial charge on any atom is -0.469 e. The maximum absolute atomic E-state index is 12.7. The third-order valence-electron chi connectivity index (χ3n) is 5.92. The van der Waals surface area contributed by atoms with Gasteiger partial charge in [-0.2, -0.15) is 13.2 Å². The SMILES string of the molecule is C1CCOCC1.COC(=O)CCNC(=O)c1ccc(NCc2ccc(-c3ccc(C(F)(F)F)cc3)cc2)nc1. The van der Waals surface area contributed by atoms with Crippen LogP contribution in [0.25, 0.3) is 11.1 Å². The van der Waals surface area contributed by atoms with Crippen molar-refractivity contribution < 1.29 is 32.2 Å². The number of nitrogens with one attached hydrogen (secondary N) is 2. The largest absolute Gasteiger partial charge is 0.469 e. The molecular weight excluding hydrogens is 511 g/mol. The van der Waals surface area contributed by atoms with Gasteiger partial charge in [-0.1, -0.05) is 36.4 Å².